The van der Waals surface area contributed by atoms with Gasteiger partial charge < -0.3 is 0 Å². The summed E-state index contributed by atoms with van der Waals surface area (Å²) in [6.45, 7) is 8.46. The summed E-state index contributed by atoms with van der Waals surface area (Å²) >= 11 is 0. The van der Waals surface area contributed by atoms with Gasteiger partial charge in [-0.05, 0) is 17.9 Å². The van der Waals surface area contributed by atoms with Crippen molar-refractivity contribution in [2.24, 2.45) is 5.92 Å². The molecule has 0 aliphatic rings. The van der Waals surface area contributed by atoms with E-state index in [2.05, 4.69) is 26.0 Å². The fourth-order valence-corrected chi connectivity index (χ4v) is 1.47. The van der Waals surface area contributed by atoms with Crippen molar-refractivity contribution < 1.29 is 4.42 Å². The molecule has 0 aliphatic heterocycles. The molecule has 0 saturated heterocycles. The van der Waals surface area contributed by atoms with E-state index in [0.29, 0.717) is 5.92 Å². The van der Waals surface area contributed by atoms with Crippen LogP contribution >= 0.6 is 0 Å². The molecule has 1 aromatic rings. The van der Waals surface area contributed by atoms with E-state index in [1.54, 1.807) is 0 Å². The highest BCUT2D eigenvalue weighted by Crippen LogP contribution is 2.12. The molecule has 0 atom stereocenters. The molecule has 0 spiro atoms. The molecule has 1 heterocycles. The van der Waals surface area contributed by atoms with Gasteiger partial charge in [0.2, 0.25) is 0 Å². The van der Waals surface area contributed by atoms with Gasteiger partial charge >= 0.3 is 11.5 Å². The lowest BCUT2D eigenvalue weighted by Crippen LogP contribution is -1.94. The summed E-state index contributed by atoms with van der Waals surface area (Å²) in [5.74, 6) is 2.72. The third kappa shape index (κ3) is 2.65. The molecule has 0 aromatic carbocycles. The predicted octanol–water partition coefficient (Wildman–Crippen LogP) is 3.38. The number of hydrogen-bond acceptors (Lipinski definition) is 0. The zero-order valence-corrected chi connectivity index (χ0v) is 8.35. The van der Waals surface area contributed by atoms with Gasteiger partial charge in [0.15, 0.2) is 0 Å². The fourth-order valence-electron chi connectivity index (χ4n) is 1.47. The molecular weight excluding hydrogens is 148 g/mol. The van der Waals surface area contributed by atoms with Crippen molar-refractivity contribution in [3.8, 4) is 0 Å². The summed E-state index contributed by atoms with van der Waals surface area (Å²) in [7, 11) is 0. The smallest absolute Gasteiger partial charge is 0.218 e. The van der Waals surface area contributed by atoms with Gasteiger partial charge in [-0.3, -0.25) is 0 Å². The van der Waals surface area contributed by atoms with Crippen molar-refractivity contribution in [3.63, 3.8) is 0 Å². The van der Waals surface area contributed by atoms with Crippen molar-refractivity contribution in [1.82, 2.24) is 0 Å². The topological polar surface area (TPSA) is 11.3 Å². The van der Waals surface area contributed by atoms with E-state index >= 15 is 0 Å². The van der Waals surface area contributed by atoms with Gasteiger partial charge in [-0.2, -0.15) is 0 Å². The molecule has 1 aromatic heterocycles. The Morgan fingerprint density at radius 1 is 1.17 bits per heavy atom. The zero-order chi connectivity index (χ0) is 9.14. The zero-order valence-electron chi connectivity index (χ0n) is 8.35. The second kappa shape index (κ2) is 3.70. The Bertz CT molecular complexity index is 243. The molecule has 12 heavy (non-hydrogen) atoms. The number of hydrogen-bond donors (Lipinski definition) is 0. The van der Waals surface area contributed by atoms with Crippen molar-refractivity contribution in [2.45, 2.75) is 34.1 Å². The van der Waals surface area contributed by atoms with E-state index in [9.17, 15) is 0 Å². The van der Waals surface area contributed by atoms with Crippen LogP contribution in [0, 0.1) is 19.8 Å². The average molecular weight is 165 g/mol. The minimum atomic E-state index is 0.714. The molecule has 0 bridgehead atoms. The van der Waals surface area contributed by atoms with Gasteiger partial charge in [0.25, 0.3) is 0 Å². The van der Waals surface area contributed by atoms with Crippen LogP contribution in [0.1, 0.15) is 30.9 Å². The Kier molecular flexibility index (Phi) is 2.85. The molecule has 0 saturated carbocycles. The summed E-state index contributed by atoms with van der Waals surface area (Å²) in [6.07, 6.45) is 1.14. The highest BCUT2D eigenvalue weighted by Gasteiger charge is 2.08. The highest BCUT2D eigenvalue weighted by molar-refractivity contribution is 5.17. The van der Waals surface area contributed by atoms with E-state index in [1.165, 1.54) is 5.56 Å². The van der Waals surface area contributed by atoms with Crippen LogP contribution in [0.25, 0.3) is 0 Å². The third-order valence-corrected chi connectivity index (χ3v) is 1.74. The summed E-state index contributed by atoms with van der Waals surface area (Å²) in [5, 5.41) is 0. The van der Waals surface area contributed by atoms with Gasteiger partial charge in [-0.25, -0.2) is 4.42 Å². The van der Waals surface area contributed by atoms with Crippen LogP contribution in [0.15, 0.2) is 16.5 Å². The van der Waals surface area contributed by atoms with Crippen LogP contribution in [0.2, 0.25) is 0 Å². The second-order valence-electron chi connectivity index (χ2n) is 3.78. The Labute approximate surface area is 74.4 Å². The molecule has 0 unspecified atom stereocenters. The SMILES string of the molecule is Cc1cc(CC(C)C)cc(C)[o+]1. The van der Waals surface area contributed by atoms with Crippen LogP contribution in [0.3, 0.4) is 0 Å². The summed E-state index contributed by atoms with van der Waals surface area (Å²) < 4.78 is 5.40. The maximum absolute atomic E-state index is 5.40. The van der Waals surface area contributed by atoms with Crippen LogP contribution in [0.4, 0.5) is 0 Å². The Morgan fingerprint density at radius 2 is 1.67 bits per heavy atom. The van der Waals surface area contributed by atoms with E-state index in [0.717, 1.165) is 17.9 Å². The lowest BCUT2D eigenvalue weighted by Gasteiger charge is -2.01. The maximum atomic E-state index is 5.40. The summed E-state index contributed by atoms with van der Waals surface area (Å²) in [5.41, 5.74) is 1.38. The molecule has 0 radical (unpaired) electrons. The van der Waals surface area contributed by atoms with E-state index in [1.807, 2.05) is 13.8 Å². The van der Waals surface area contributed by atoms with Crippen LogP contribution in [0.5, 0.6) is 0 Å². The lowest BCUT2D eigenvalue weighted by molar-refractivity contribution is 0.481. The molecule has 66 valence electrons. The van der Waals surface area contributed by atoms with Crippen LogP contribution < -0.4 is 0 Å². The average Bonchev–Trinajstić information content (AvgIpc) is 1.81. The number of aryl methyl sites for hydroxylation is 2. The van der Waals surface area contributed by atoms with Gasteiger partial charge in [0.05, 0.1) is 13.8 Å². The van der Waals surface area contributed by atoms with Crippen molar-refractivity contribution in [3.05, 3.63) is 29.2 Å². The van der Waals surface area contributed by atoms with Crippen molar-refractivity contribution in [2.75, 3.05) is 0 Å². The first-order valence-corrected chi connectivity index (χ1v) is 4.48. The first-order chi connectivity index (χ1) is 5.58. The van der Waals surface area contributed by atoms with Crippen molar-refractivity contribution in [1.29, 1.82) is 0 Å². The molecule has 0 N–H and O–H groups in total. The molecule has 1 heteroatoms. The Hall–Kier alpha value is -0.850. The van der Waals surface area contributed by atoms with E-state index in [-0.39, 0.29) is 0 Å². The largest absolute Gasteiger partial charge is 0.326 e. The van der Waals surface area contributed by atoms with Gasteiger partial charge in [0, 0.05) is 12.1 Å². The molecule has 0 aliphatic carbocycles. The molecule has 0 amide bonds. The van der Waals surface area contributed by atoms with Crippen LogP contribution in [-0.4, -0.2) is 0 Å². The van der Waals surface area contributed by atoms with E-state index < -0.39 is 0 Å². The lowest BCUT2D eigenvalue weighted by atomic mass is 10.0. The normalized spacial score (nSPS) is 10.8. The summed E-state index contributed by atoms with van der Waals surface area (Å²) in [4.78, 5) is 0. The molecule has 1 nitrogen and oxygen atoms in total. The highest BCUT2D eigenvalue weighted by atomic mass is 16.3. The van der Waals surface area contributed by atoms with Crippen LogP contribution in [-0.2, 0) is 6.42 Å². The molecule has 0 fully saturated rings. The second-order valence-corrected chi connectivity index (χ2v) is 3.78. The van der Waals surface area contributed by atoms with Gasteiger partial charge in [0.1, 0.15) is 0 Å². The Morgan fingerprint density at radius 3 is 2.08 bits per heavy atom. The van der Waals surface area contributed by atoms with E-state index in [4.69, 9.17) is 4.42 Å². The first-order valence-electron chi connectivity index (χ1n) is 4.48. The number of rotatable bonds is 2. The van der Waals surface area contributed by atoms with Gasteiger partial charge in [-0.1, -0.05) is 13.8 Å². The predicted molar refractivity (Wildman–Crippen MR) is 51.1 cm³/mol. The minimum Gasteiger partial charge on any atom is -0.218 e. The summed E-state index contributed by atoms with van der Waals surface area (Å²) in [6, 6.07) is 4.24. The minimum absolute atomic E-state index is 0.714. The fraction of sp³-hybridized carbons (Fsp3) is 0.545. The maximum Gasteiger partial charge on any atom is 0.326 e. The quantitative estimate of drug-likeness (QED) is 0.611. The van der Waals surface area contributed by atoms with Crippen molar-refractivity contribution >= 4 is 0 Å². The molecule has 1 rings (SSSR count). The Balaban J connectivity index is 2.85. The molecular formula is C11H17O+. The standard InChI is InChI=1S/C11H17O/c1-8(2)5-11-6-9(3)12-10(4)7-11/h6-8H,5H2,1-4H3/q+1. The monoisotopic (exact) mass is 165 g/mol. The first kappa shape index (κ1) is 9.24. The third-order valence-electron chi connectivity index (χ3n) is 1.74. The van der Waals surface area contributed by atoms with Gasteiger partial charge in [-0.15, -0.1) is 0 Å².